The van der Waals surface area contributed by atoms with Crippen molar-refractivity contribution in [3.05, 3.63) is 41.7 Å². The van der Waals surface area contributed by atoms with Crippen LogP contribution in [-0.4, -0.2) is 15.2 Å². The Bertz CT molecular complexity index is 690. The molecule has 0 atom stereocenters. The van der Waals surface area contributed by atoms with Crippen LogP contribution < -0.4 is 5.73 Å². The molecule has 84 valence electrons. The molecule has 0 radical (unpaired) electrons. The summed E-state index contributed by atoms with van der Waals surface area (Å²) in [4.78, 5) is 3.95. The molecule has 0 aliphatic carbocycles. The second-order valence-corrected chi connectivity index (χ2v) is 4.13. The van der Waals surface area contributed by atoms with Gasteiger partial charge in [0.25, 0.3) is 0 Å². The Hall–Kier alpha value is -2.07. The molecule has 3 N–H and O–H groups in total. The summed E-state index contributed by atoms with van der Waals surface area (Å²) in [5.74, 6) is 0. The van der Waals surface area contributed by atoms with Crippen molar-refractivity contribution in [1.82, 2.24) is 15.2 Å². The van der Waals surface area contributed by atoms with E-state index in [4.69, 9.17) is 17.3 Å². The second kappa shape index (κ2) is 3.75. The molecule has 0 aliphatic rings. The van der Waals surface area contributed by atoms with Gasteiger partial charge in [-0.3, -0.25) is 5.10 Å². The molecule has 0 aliphatic heterocycles. The number of nitrogen functional groups attached to an aromatic ring is 1. The van der Waals surface area contributed by atoms with Gasteiger partial charge >= 0.3 is 0 Å². The van der Waals surface area contributed by atoms with Gasteiger partial charge in [0.15, 0.2) is 0 Å². The third kappa shape index (κ3) is 1.72. The first kappa shape index (κ1) is 10.1. The molecule has 5 heteroatoms. The minimum atomic E-state index is 0.447. The van der Waals surface area contributed by atoms with Gasteiger partial charge in [-0.1, -0.05) is 11.6 Å². The van der Waals surface area contributed by atoms with Crippen molar-refractivity contribution in [2.24, 2.45) is 0 Å². The van der Waals surface area contributed by atoms with Crippen molar-refractivity contribution in [3.8, 4) is 11.3 Å². The highest BCUT2D eigenvalue weighted by Crippen LogP contribution is 2.28. The van der Waals surface area contributed by atoms with Crippen LogP contribution >= 0.6 is 11.6 Å². The first-order valence-corrected chi connectivity index (χ1v) is 5.47. The standard InChI is InChI=1S/C12H9ClN4/c13-11-5-7(3-4-15-11)12-9-6-8(14)1-2-10(9)16-17-12/h1-6H,14H2,(H,16,17). The first-order chi connectivity index (χ1) is 8.24. The molecule has 0 saturated heterocycles. The number of rotatable bonds is 1. The molecule has 0 unspecified atom stereocenters. The summed E-state index contributed by atoms with van der Waals surface area (Å²) in [6.45, 7) is 0. The molecular weight excluding hydrogens is 236 g/mol. The molecule has 4 nitrogen and oxygen atoms in total. The predicted molar refractivity (Wildman–Crippen MR) is 68.7 cm³/mol. The fourth-order valence-corrected chi connectivity index (χ4v) is 1.98. The lowest BCUT2D eigenvalue weighted by Gasteiger charge is -1.98. The van der Waals surface area contributed by atoms with Crippen LogP contribution in [0.15, 0.2) is 36.5 Å². The van der Waals surface area contributed by atoms with E-state index in [2.05, 4.69) is 15.2 Å². The SMILES string of the molecule is Nc1ccc2[nH]nc(-c3ccnc(Cl)c3)c2c1. The lowest BCUT2D eigenvalue weighted by atomic mass is 10.1. The van der Waals surface area contributed by atoms with Crippen molar-refractivity contribution >= 4 is 28.2 Å². The van der Waals surface area contributed by atoms with Gasteiger partial charge in [-0.15, -0.1) is 0 Å². The van der Waals surface area contributed by atoms with Crippen LogP contribution in [-0.2, 0) is 0 Å². The molecule has 0 saturated carbocycles. The minimum Gasteiger partial charge on any atom is -0.399 e. The monoisotopic (exact) mass is 244 g/mol. The molecular formula is C12H9ClN4. The summed E-state index contributed by atoms with van der Waals surface area (Å²) >= 11 is 5.87. The van der Waals surface area contributed by atoms with Crippen LogP contribution in [0.3, 0.4) is 0 Å². The number of aromatic amines is 1. The van der Waals surface area contributed by atoms with E-state index in [1.807, 2.05) is 24.3 Å². The number of pyridine rings is 1. The van der Waals surface area contributed by atoms with E-state index in [9.17, 15) is 0 Å². The third-order valence-corrected chi connectivity index (χ3v) is 2.79. The van der Waals surface area contributed by atoms with Crippen molar-refractivity contribution in [3.63, 3.8) is 0 Å². The topological polar surface area (TPSA) is 67.6 Å². The number of halogens is 1. The quantitative estimate of drug-likeness (QED) is 0.511. The number of nitrogens with two attached hydrogens (primary N) is 1. The van der Waals surface area contributed by atoms with Gasteiger partial charge in [-0.05, 0) is 30.3 Å². The van der Waals surface area contributed by atoms with E-state index >= 15 is 0 Å². The number of nitrogens with one attached hydrogen (secondary N) is 1. The van der Waals surface area contributed by atoms with E-state index in [0.29, 0.717) is 10.8 Å². The number of nitrogens with zero attached hydrogens (tertiary/aromatic N) is 2. The Morgan fingerprint density at radius 3 is 2.88 bits per heavy atom. The van der Waals surface area contributed by atoms with Gasteiger partial charge in [0, 0.05) is 22.8 Å². The largest absolute Gasteiger partial charge is 0.399 e. The maximum Gasteiger partial charge on any atom is 0.129 e. The number of benzene rings is 1. The fraction of sp³-hybridized carbons (Fsp3) is 0. The van der Waals surface area contributed by atoms with Crippen molar-refractivity contribution in [2.45, 2.75) is 0 Å². The van der Waals surface area contributed by atoms with Crippen LogP contribution in [0.25, 0.3) is 22.2 Å². The van der Waals surface area contributed by atoms with E-state index < -0.39 is 0 Å². The Morgan fingerprint density at radius 2 is 2.06 bits per heavy atom. The number of hydrogen-bond acceptors (Lipinski definition) is 3. The van der Waals surface area contributed by atoms with Gasteiger partial charge < -0.3 is 5.73 Å². The zero-order chi connectivity index (χ0) is 11.8. The number of hydrogen-bond donors (Lipinski definition) is 2. The molecule has 0 bridgehead atoms. The normalized spacial score (nSPS) is 10.9. The molecule has 2 heterocycles. The van der Waals surface area contributed by atoms with Crippen molar-refractivity contribution < 1.29 is 0 Å². The number of H-pyrrole nitrogens is 1. The Balaban J connectivity index is 2.27. The zero-order valence-corrected chi connectivity index (χ0v) is 9.57. The highest BCUT2D eigenvalue weighted by molar-refractivity contribution is 6.29. The van der Waals surface area contributed by atoms with Gasteiger partial charge in [0.05, 0.1) is 5.52 Å². The Labute approximate surface area is 102 Å². The van der Waals surface area contributed by atoms with Crippen molar-refractivity contribution in [2.75, 3.05) is 5.73 Å². The van der Waals surface area contributed by atoms with E-state index in [-0.39, 0.29) is 0 Å². The number of aromatic nitrogens is 3. The Morgan fingerprint density at radius 1 is 1.18 bits per heavy atom. The van der Waals surface area contributed by atoms with Gasteiger partial charge in [-0.2, -0.15) is 5.10 Å². The highest BCUT2D eigenvalue weighted by atomic mass is 35.5. The molecule has 2 aromatic heterocycles. The van der Waals surface area contributed by atoms with E-state index in [1.54, 1.807) is 12.3 Å². The third-order valence-electron chi connectivity index (χ3n) is 2.59. The summed E-state index contributed by atoms with van der Waals surface area (Å²) in [7, 11) is 0. The highest BCUT2D eigenvalue weighted by Gasteiger charge is 2.08. The fourth-order valence-electron chi connectivity index (χ4n) is 1.80. The summed E-state index contributed by atoms with van der Waals surface area (Å²) in [5, 5.41) is 8.67. The van der Waals surface area contributed by atoms with E-state index in [0.717, 1.165) is 22.2 Å². The average molecular weight is 245 g/mol. The minimum absolute atomic E-state index is 0.447. The van der Waals surface area contributed by atoms with Gasteiger partial charge in [-0.25, -0.2) is 4.98 Å². The van der Waals surface area contributed by atoms with Gasteiger partial charge in [0.1, 0.15) is 10.8 Å². The maximum atomic E-state index is 5.87. The number of fused-ring (bicyclic) bond motifs is 1. The molecule has 1 aromatic carbocycles. The van der Waals surface area contributed by atoms with Crippen LogP contribution in [0.1, 0.15) is 0 Å². The molecule has 0 fully saturated rings. The predicted octanol–water partition coefficient (Wildman–Crippen LogP) is 2.86. The Kier molecular flexibility index (Phi) is 2.23. The smallest absolute Gasteiger partial charge is 0.129 e. The summed E-state index contributed by atoms with van der Waals surface area (Å²) in [6, 6.07) is 9.28. The second-order valence-electron chi connectivity index (χ2n) is 3.74. The van der Waals surface area contributed by atoms with Gasteiger partial charge in [0.2, 0.25) is 0 Å². The lowest BCUT2D eigenvalue weighted by molar-refractivity contribution is 1.12. The zero-order valence-electron chi connectivity index (χ0n) is 8.81. The van der Waals surface area contributed by atoms with Crippen LogP contribution in [0.5, 0.6) is 0 Å². The van der Waals surface area contributed by atoms with Crippen LogP contribution in [0, 0.1) is 0 Å². The first-order valence-electron chi connectivity index (χ1n) is 5.09. The van der Waals surface area contributed by atoms with Crippen LogP contribution in [0.2, 0.25) is 5.15 Å². The molecule has 0 spiro atoms. The molecule has 3 rings (SSSR count). The molecule has 17 heavy (non-hydrogen) atoms. The maximum absolute atomic E-state index is 5.87. The lowest BCUT2D eigenvalue weighted by Crippen LogP contribution is -1.84. The summed E-state index contributed by atoms with van der Waals surface area (Å²) < 4.78 is 0. The summed E-state index contributed by atoms with van der Waals surface area (Å²) in [6.07, 6.45) is 1.66. The van der Waals surface area contributed by atoms with E-state index in [1.165, 1.54) is 0 Å². The molecule has 3 aromatic rings. The number of anilines is 1. The average Bonchev–Trinajstić information content (AvgIpc) is 2.71. The van der Waals surface area contributed by atoms with Crippen LogP contribution in [0.4, 0.5) is 5.69 Å². The summed E-state index contributed by atoms with van der Waals surface area (Å²) in [5.41, 5.74) is 9.18. The molecule has 0 amide bonds. The van der Waals surface area contributed by atoms with Crippen molar-refractivity contribution in [1.29, 1.82) is 0 Å².